The molecule has 0 N–H and O–H groups in total. The van der Waals surface area contributed by atoms with Crippen LogP contribution in [0, 0.1) is 11.3 Å². The molecule has 0 saturated heterocycles. The molecule has 0 bridgehead atoms. The van der Waals surface area contributed by atoms with Gasteiger partial charge in [0.15, 0.2) is 0 Å². The summed E-state index contributed by atoms with van der Waals surface area (Å²) in [5.74, 6) is 0. The molecule has 8 aromatic carbocycles. The van der Waals surface area contributed by atoms with Crippen LogP contribution in [0.1, 0.15) is 11.1 Å². The highest BCUT2D eigenvalue weighted by atomic mass is 19.4. The van der Waals surface area contributed by atoms with E-state index in [9.17, 15) is 5.26 Å². The summed E-state index contributed by atoms with van der Waals surface area (Å²) < 4.78 is 52.0. The molecule has 0 saturated carbocycles. The molecule has 0 aliphatic carbocycles. The van der Waals surface area contributed by atoms with Crippen molar-refractivity contribution in [2.45, 2.75) is 6.18 Å². The zero-order chi connectivity index (χ0) is 45.9. The molecule has 68 heavy (non-hydrogen) atoms. The van der Waals surface area contributed by atoms with Gasteiger partial charge in [0.05, 0.1) is 73.4 Å². The highest BCUT2D eigenvalue weighted by molar-refractivity contribution is 6.12. The molecular weight excluding hydrogens is 848 g/mol. The van der Waals surface area contributed by atoms with Crippen molar-refractivity contribution < 1.29 is 13.2 Å². The van der Waals surface area contributed by atoms with Crippen molar-refractivity contribution in [2.75, 3.05) is 0 Å². The Hall–Kier alpha value is -9.06. The highest BCUT2D eigenvalue weighted by Gasteiger charge is 2.37. The van der Waals surface area contributed by atoms with Crippen LogP contribution < -0.4 is 0 Å². The molecule has 0 aliphatic rings. The average Bonchev–Trinajstić information content (AvgIpc) is 3.90. The van der Waals surface area contributed by atoms with Gasteiger partial charge in [-0.25, -0.2) is 9.97 Å². The Bertz CT molecular complexity index is 3970. The monoisotopic (exact) mass is 883 g/mol. The minimum atomic E-state index is -4.78. The number of benzene rings is 8. The lowest BCUT2D eigenvalue weighted by Gasteiger charge is -2.22. The third kappa shape index (κ3) is 6.88. The second kappa shape index (κ2) is 16.1. The molecule has 5 nitrogen and oxygen atoms in total. The van der Waals surface area contributed by atoms with Gasteiger partial charge in [-0.3, -0.25) is 0 Å². The van der Waals surface area contributed by atoms with E-state index >= 15 is 13.2 Å². The number of hydrogen-bond donors (Lipinski definition) is 0. The van der Waals surface area contributed by atoms with E-state index in [0.717, 1.165) is 77.6 Å². The molecule has 4 heterocycles. The maximum Gasteiger partial charge on any atom is 0.418 e. The zero-order valence-electron chi connectivity index (χ0n) is 36.2. The summed E-state index contributed by atoms with van der Waals surface area (Å²) in [5.41, 5.74) is 10.6. The second-order valence-electron chi connectivity index (χ2n) is 16.8. The first-order valence-electron chi connectivity index (χ1n) is 22.2. The van der Waals surface area contributed by atoms with Crippen LogP contribution in [0.15, 0.2) is 218 Å². The van der Waals surface area contributed by atoms with Crippen LogP contribution in [-0.2, 0) is 6.18 Å². The predicted molar refractivity (Wildman–Crippen MR) is 268 cm³/mol. The number of halogens is 3. The van der Waals surface area contributed by atoms with Crippen LogP contribution >= 0.6 is 0 Å². The Balaban J connectivity index is 1.09. The van der Waals surface area contributed by atoms with E-state index < -0.39 is 11.7 Å². The number of rotatable bonds is 7. The van der Waals surface area contributed by atoms with Crippen molar-refractivity contribution in [3.05, 3.63) is 230 Å². The van der Waals surface area contributed by atoms with E-state index in [-0.39, 0.29) is 5.69 Å². The van der Waals surface area contributed by atoms with Crippen molar-refractivity contribution in [3.8, 4) is 73.6 Å². The molecule has 12 aromatic rings. The van der Waals surface area contributed by atoms with Crippen LogP contribution in [0.2, 0.25) is 0 Å². The molecule has 0 spiro atoms. The van der Waals surface area contributed by atoms with Crippen molar-refractivity contribution in [2.24, 2.45) is 0 Å². The smallest absolute Gasteiger partial charge is 0.309 e. The number of para-hydroxylation sites is 2. The minimum absolute atomic E-state index is 0.0332. The lowest BCUT2D eigenvalue weighted by Crippen LogP contribution is -2.13. The highest BCUT2D eigenvalue weighted by Crippen LogP contribution is 2.46. The molecule has 0 unspecified atom stereocenters. The number of alkyl halides is 3. The molecule has 4 aromatic heterocycles. The van der Waals surface area contributed by atoms with Gasteiger partial charge >= 0.3 is 6.18 Å². The minimum Gasteiger partial charge on any atom is -0.309 e. The Morgan fingerprint density at radius 2 is 0.809 bits per heavy atom. The topological polar surface area (TPSA) is 59.4 Å². The van der Waals surface area contributed by atoms with E-state index in [1.165, 1.54) is 6.07 Å². The Labute approximate surface area is 388 Å². The van der Waals surface area contributed by atoms with Crippen molar-refractivity contribution in [1.82, 2.24) is 19.1 Å². The van der Waals surface area contributed by atoms with Crippen molar-refractivity contribution in [3.63, 3.8) is 0 Å². The van der Waals surface area contributed by atoms with Gasteiger partial charge in [-0.05, 0) is 90.5 Å². The SMILES string of the molecule is N#Cc1cccc(-c2cc(-n3c4ccccc4c4cc(-c5cccc(-c6ccccc6)n5)ccc43)c(C(F)(F)F)cc2-n2c3ccccc3c3cc(-c4cccc(-c5ccccc5)n4)ccc32)c1. The standard InChI is InChI=1S/C60H36F3N5/c61-60(62,63)49-36-58(67-54-26-9-7-20-44(54)47-33-42(28-30-56(47)67)52-24-12-22-50(65-52)39-15-3-1-4-16-39)46(41-19-11-14-38(32-41)37-64)35-59(49)68-55-27-10-8-21-45(55)48-34-43(29-31-57(48)68)53-25-13-23-51(66-53)40-17-5-2-6-18-40/h1-36H. The van der Waals surface area contributed by atoms with Gasteiger partial charge in [-0.1, -0.05) is 133 Å². The number of hydrogen-bond acceptors (Lipinski definition) is 3. The maximum absolute atomic E-state index is 16.1. The van der Waals surface area contributed by atoms with E-state index in [1.54, 1.807) is 28.8 Å². The van der Waals surface area contributed by atoms with Crippen LogP contribution in [0.4, 0.5) is 13.2 Å². The van der Waals surface area contributed by atoms with Gasteiger partial charge in [0.25, 0.3) is 0 Å². The lowest BCUT2D eigenvalue weighted by atomic mass is 9.97. The summed E-state index contributed by atoms with van der Waals surface area (Å²) in [7, 11) is 0. The number of pyridine rings is 2. The summed E-state index contributed by atoms with van der Waals surface area (Å²) in [4.78, 5) is 10.0. The summed E-state index contributed by atoms with van der Waals surface area (Å²) in [6.07, 6.45) is -4.78. The van der Waals surface area contributed by atoms with E-state index in [0.29, 0.717) is 33.4 Å². The second-order valence-corrected chi connectivity index (χ2v) is 16.8. The Kier molecular flexibility index (Phi) is 9.59. The normalized spacial score (nSPS) is 11.7. The molecule has 0 amide bonds. The number of aromatic nitrogens is 4. The maximum atomic E-state index is 16.1. The summed E-state index contributed by atoms with van der Waals surface area (Å²) >= 11 is 0. The lowest BCUT2D eigenvalue weighted by molar-refractivity contribution is -0.137. The zero-order valence-corrected chi connectivity index (χ0v) is 36.2. The molecule has 0 radical (unpaired) electrons. The first-order valence-corrected chi connectivity index (χ1v) is 22.2. The predicted octanol–water partition coefficient (Wildman–Crippen LogP) is 15.9. The first kappa shape index (κ1) is 40.4. The van der Waals surface area contributed by atoms with Gasteiger partial charge in [-0.2, -0.15) is 18.4 Å². The average molecular weight is 884 g/mol. The van der Waals surface area contributed by atoms with Crippen LogP contribution in [0.5, 0.6) is 0 Å². The third-order valence-electron chi connectivity index (χ3n) is 12.8. The van der Waals surface area contributed by atoms with Crippen molar-refractivity contribution >= 4 is 43.6 Å². The van der Waals surface area contributed by atoms with Crippen LogP contribution in [0.3, 0.4) is 0 Å². The molecule has 12 rings (SSSR count). The van der Waals surface area contributed by atoms with E-state index in [1.807, 2.05) is 187 Å². The van der Waals surface area contributed by atoms with E-state index in [4.69, 9.17) is 9.97 Å². The molecule has 8 heteroatoms. The van der Waals surface area contributed by atoms with E-state index in [2.05, 4.69) is 12.1 Å². The Morgan fingerprint density at radius 1 is 0.368 bits per heavy atom. The van der Waals surface area contributed by atoms with Gasteiger partial charge in [-0.15, -0.1) is 0 Å². The van der Waals surface area contributed by atoms with Gasteiger partial charge in [0.2, 0.25) is 0 Å². The molecule has 0 atom stereocenters. The fourth-order valence-electron chi connectivity index (χ4n) is 9.68. The van der Waals surface area contributed by atoms with Gasteiger partial charge in [0, 0.05) is 49.4 Å². The summed E-state index contributed by atoms with van der Waals surface area (Å²) in [6, 6.07) is 71.2. The fraction of sp³-hybridized carbons (Fsp3) is 0.0167. The van der Waals surface area contributed by atoms with Crippen LogP contribution in [0.25, 0.3) is 111 Å². The van der Waals surface area contributed by atoms with Gasteiger partial charge in [0.1, 0.15) is 0 Å². The van der Waals surface area contributed by atoms with Crippen molar-refractivity contribution in [1.29, 1.82) is 5.26 Å². The summed E-state index contributed by atoms with van der Waals surface area (Å²) in [5, 5.41) is 13.4. The summed E-state index contributed by atoms with van der Waals surface area (Å²) in [6.45, 7) is 0. The fourth-order valence-corrected chi connectivity index (χ4v) is 9.68. The Morgan fingerprint density at radius 3 is 1.32 bits per heavy atom. The first-order chi connectivity index (χ1) is 33.3. The van der Waals surface area contributed by atoms with Gasteiger partial charge < -0.3 is 9.13 Å². The largest absolute Gasteiger partial charge is 0.418 e. The third-order valence-corrected chi connectivity index (χ3v) is 12.8. The molecule has 0 aliphatic heterocycles. The number of nitrogens with zero attached hydrogens (tertiary/aromatic N) is 5. The number of fused-ring (bicyclic) bond motifs is 6. The van der Waals surface area contributed by atoms with Crippen LogP contribution in [-0.4, -0.2) is 19.1 Å². The quantitative estimate of drug-likeness (QED) is 0.160. The molecule has 322 valence electrons. The number of nitriles is 1. The molecular formula is C60H36F3N5. The molecule has 0 fully saturated rings.